The van der Waals surface area contributed by atoms with Crippen LogP contribution in [0.25, 0.3) is 0 Å². The van der Waals surface area contributed by atoms with Gasteiger partial charge in [0.1, 0.15) is 0 Å². The van der Waals surface area contributed by atoms with Crippen LogP contribution in [0.4, 0.5) is 0 Å². The molecule has 0 saturated carbocycles. The first-order valence-corrected chi connectivity index (χ1v) is 10.5. The standard InChI is InChI=1S/C24H38N4O2.2BrH/c1-7-23(29)25-15-13-21(27(3)4)17-19-9-11-20(12-10-19)18-22(28(5)6)14-16-26-24(30)8-2;;/h7-12,21-22H,1-2,13-18H2,3-6H3,(H,25,29)(H,26,30);2*1H. The summed E-state index contributed by atoms with van der Waals surface area (Å²) in [6.45, 7) is 8.24. The molecule has 2 amide bonds. The summed E-state index contributed by atoms with van der Waals surface area (Å²) in [5, 5.41) is 5.70. The highest BCUT2D eigenvalue weighted by Gasteiger charge is 2.15. The molecular weight excluding hydrogens is 536 g/mol. The maximum absolute atomic E-state index is 11.3. The molecule has 0 fully saturated rings. The van der Waals surface area contributed by atoms with Gasteiger partial charge in [-0.05, 0) is 77.2 Å². The molecule has 0 bridgehead atoms. The second kappa shape index (κ2) is 18.0. The van der Waals surface area contributed by atoms with E-state index < -0.39 is 0 Å². The number of carbonyl (C=O) groups excluding carboxylic acids is 2. The van der Waals surface area contributed by atoms with Gasteiger partial charge in [0.15, 0.2) is 0 Å². The normalized spacial score (nSPS) is 12.2. The van der Waals surface area contributed by atoms with Gasteiger partial charge in [-0.3, -0.25) is 9.59 Å². The van der Waals surface area contributed by atoms with Crippen molar-refractivity contribution in [2.24, 2.45) is 0 Å². The Labute approximate surface area is 215 Å². The smallest absolute Gasteiger partial charge is 0.243 e. The summed E-state index contributed by atoms with van der Waals surface area (Å²) in [5.74, 6) is -0.257. The van der Waals surface area contributed by atoms with Crippen molar-refractivity contribution in [1.82, 2.24) is 20.4 Å². The van der Waals surface area contributed by atoms with Crippen LogP contribution in [0.2, 0.25) is 0 Å². The van der Waals surface area contributed by atoms with Gasteiger partial charge >= 0.3 is 0 Å². The second-order valence-corrected chi connectivity index (χ2v) is 8.03. The Morgan fingerprint density at radius 2 is 1.09 bits per heavy atom. The van der Waals surface area contributed by atoms with Gasteiger partial charge in [-0.25, -0.2) is 0 Å². The van der Waals surface area contributed by atoms with Crippen molar-refractivity contribution in [3.05, 3.63) is 60.7 Å². The average molecular weight is 576 g/mol. The summed E-state index contributed by atoms with van der Waals surface area (Å²) in [5.41, 5.74) is 2.57. The van der Waals surface area contributed by atoms with Gasteiger partial charge in [-0.15, -0.1) is 34.0 Å². The Balaban J connectivity index is 0. The van der Waals surface area contributed by atoms with E-state index in [0.29, 0.717) is 25.2 Å². The molecular formula is C24H40Br2N4O2. The lowest BCUT2D eigenvalue weighted by molar-refractivity contribution is -0.117. The molecule has 1 aromatic carbocycles. The van der Waals surface area contributed by atoms with Crippen molar-refractivity contribution in [1.29, 1.82) is 0 Å². The lowest BCUT2D eigenvalue weighted by atomic mass is 9.98. The number of hydrogen-bond donors (Lipinski definition) is 2. The third-order valence-electron chi connectivity index (χ3n) is 5.35. The predicted molar refractivity (Wildman–Crippen MR) is 145 cm³/mol. The fraction of sp³-hybridized carbons (Fsp3) is 0.500. The summed E-state index contributed by atoms with van der Waals surface area (Å²) < 4.78 is 0. The molecule has 0 saturated heterocycles. The van der Waals surface area contributed by atoms with E-state index in [1.807, 2.05) is 0 Å². The number of benzene rings is 1. The lowest BCUT2D eigenvalue weighted by Gasteiger charge is -2.26. The first kappa shape index (κ1) is 32.7. The largest absolute Gasteiger partial charge is 0.353 e. The van der Waals surface area contributed by atoms with E-state index in [4.69, 9.17) is 0 Å². The summed E-state index contributed by atoms with van der Waals surface area (Å²) in [6.07, 6.45) is 6.24. The topological polar surface area (TPSA) is 64.7 Å². The maximum Gasteiger partial charge on any atom is 0.243 e. The predicted octanol–water partition coefficient (Wildman–Crippen LogP) is 3.17. The Kier molecular flexibility index (Phi) is 18.4. The van der Waals surface area contributed by atoms with Gasteiger partial charge in [-0.2, -0.15) is 0 Å². The number of carbonyl (C=O) groups is 2. The SMILES string of the molecule is Br.Br.C=CC(=O)NCCC(Cc1ccc(CC(CCNC(=O)C=C)N(C)C)cc1)N(C)C. The zero-order valence-electron chi connectivity index (χ0n) is 19.8. The first-order chi connectivity index (χ1) is 14.3. The van der Waals surface area contributed by atoms with Gasteiger partial charge in [0, 0.05) is 25.2 Å². The van der Waals surface area contributed by atoms with Gasteiger partial charge in [0.2, 0.25) is 11.8 Å². The van der Waals surface area contributed by atoms with Crippen LogP contribution in [0.15, 0.2) is 49.6 Å². The van der Waals surface area contributed by atoms with Crippen LogP contribution < -0.4 is 10.6 Å². The van der Waals surface area contributed by atoms with Crippen molar-refractivity contribution in [2.45, 2.75) is 37.8 Å². The maximum atomic E-state index is 11.3. The lowest BCUT2D eigenvalue weighted by Crippen LogP contribution is -2.35. The summed E-state index contributed by atoms with van der Waals surface area (Å²) >= 11 is 0. The van der Waals surface area contributed by atoms with E-state index in [1.165, 1.54) is 23.3 Å². The molecule has 0 aromatic heterocycles. The van der Waals surface area contributed by atoms with Crippen LogP contribution in [-0.2, 0) is 22.4 Å². The van der Waals surface area contributed by atoms with Crippen molar-refractivity contribution < 1.29 is 9.59 Å². The van der Waals surface area contributed by atoms with Crippen LogP contribution in [0.3, 0.4) is 0 Å². The molecule has 0 aliphatic rings. The van der Waals surface area contributed by atoms with Crippen LogP contribution in [0.5, 0.6) is 0 Å². The monoisotopic (exact) mass is 574 g/mol. The van der Waals surface area contributed by atoms with E-state index in [0.717, 1.165) is 25.7 Å². The number of hydrogen-bond acceptors (Lipinski definition) is 4. The number of nitrogens with one attached hydrogen (secondary N) is 2. The Morgan fingerprint density at radius 3 is 1.34 bits per heavy atom. The molecule has 2 N–H and O–H groups in total. The van der Waals surface area contributed by atoms with Crippen molar-refractivity contribution in [3.8, 4) is 0 Å². The zero-order valence-corrected chi connectivity index (χ0v) is 23.2. The zero-order chi connectivity index (χ0) is 22.5. The molecule has 2 atom stereocenters. The molecule has 0 aliphatic heterocycles. The van der Waals surface area contributed by atoms with Gasteiger partial charge in [0.05, 0.1) is 0 Å². The molecule has 182 valence electrons. The molecule has 0 spiro atoms. The van der Waals surface area contributed by atoms with E-state index in [9.17, 15) is 9.59 Å². The Hall–Kier alpha value is -1.48. The molecule has 0 radical (unpaired) electrons. The molecule has 1 rings (SSSR count). The summed E-state index contributed by atoms with van der Waals surface area (Å²) in [7, 11) is 8.28. The molecule has 8 heteroatoms. The quantitative estimate of drug-likeness (QED) is 0.334. The van der Waals surface area contributed by atoms with Crippen molar-refractivity contribution >= 4 is 45.8 Å². The van der Waals surface area contributed by atoms with E-state index in [1.54, 1.807) is 0 Å². The molecule has 0 aliphatic carbocycles. The number of halogens is 2. The minimum Gasteiger partial charge on any atom is -0.353 e. The molecule has 6 nitrogen and oxygen atoms in total. The number of likely N-dealkylation sites (N-methyl/N-ethyl adjacent to an activating group) is 2. The minimum absolute atomic E-state index is 0. The first-order valence-electron chi connectivity index (χ1n) is 10.5. The molecule has 32 heavy (non-hydrogen) atoms. The van der Waals surface area contributed by atoms with Crippen LogP contribution in [0, 0.1) is 0 Å². The summed E-state index contributed by atoms with van der Waals surface area (Å²) in [4.78, 5) is 27.1. The fourth-order valence-corrected chi connectivity index (χ4v) is 3.31. The highest BCUT2D eigenvalue weighted by Crippen LogP contribution is 2.14. The summed E-state index contributed by atoms with van der Waals surface area (Å²) in [6, 6.07) is 9.48. The van der Waals surface area contributed by atoms with Gasteiger partial charge in [0.25, 0.3) is 0 Å². The van der Waals surface area contributed by atoms with E-state index >= 15 is 0 Å². The third-order valence-corrected chi connectivity index (χ3v) is 5.35. The van der Waals surface area contributed by atoms with Crippen LogP contribution in [0.1, 0.15) is 24.0 Å². The van der Waals surface area contributed by atoms with Crippen LogP contribution in [-0.4, -0.2) is 75.0 Å². The average Bonchev–Trinajstić information content (AvgIpc) is 2.72. The highest BCUT2D eigenvalue weighted by molar-refractivity contribution is 8.93. The van der Waals surface area contributed by atoms with Gasteiger partial charge < -0.3 is 20.4 Å². The van der Waals surface area contributed by atoms with E-state index in [2.05, 4.69) is 86.0 Å². The van der Waals surface area contributed by atoms with Crippen LogP contribution >= 0.6 is 34.0 Å². The molecule has 0 heterocycles. The van der Waals surface area contributed by atoms with Gasteiger partial charge in [-0.1, -0.05) is 37.4 Å². The van der Waals surface area contributed by atoms with E-state index in [-0.39, 0.29) is 45.8 Å². The van der Waals surface area contributed by atoms with Crippen molar-refractivity contribution in [3.63, 3.8) is 0 Å². The number of rotatable bonds is 14. The fourth-order valence-electron chi connectivity index (χ4n) is 3.31. The second-order valence-electron chi connectivity index (χ2n) is 8.03. The Morgan fingerprint density at radius 1 is 0.781 bits per heavy atom. The minimum atomic E-state index is -0.128. The molecule has 2 unspecified atom stereocenters. The highest BCUT2D eigenvalue weighted by atomic mass is 79.9. The number of amides is 2. The molecule has 1 aromatic rings. The number of nitrogens with zero attached hydrogens (tertiary/aromatic N) is 2. The third kappa shape index (κ3) is 13.2. The Bertz CT molecular complexity index is 635. The van der Waals surface area contributed by atoms with Crippen molar-refractivity contribution in [2.75, 3.05) is 41.3 Å².